The molecule has 85 heavy (non-hydrogen) atoms. The number of alkyl halides is 4. The maximum atomic E-state index is 11.0. The molecule has 0 aliphatic carbocycles. The Bertz CT molecular complexity index is 1720. The number of nitrogens with zero attached hydrogens (tertiary/aromatic N) is 6. The maximum absolute atomic E-state index is 11.0. The minimum absolute atomic E-state index is 0. The van der Waals surface area contributed by atoms with Crippen LogP contribution in [0.15, 0.2) is 29.3 Å². The smallest absolute Gasteiger partial charge is 0.519 e. The van der Waals surface area contributed by atoms with Gasteiger partial charge in [-0.3, -0.25) is 4.99 Å². The van der Waals surface area contributed by atoms with Crippen molar-refractivity contribution in [1.29, 1.82) is 0 Å². The van der Waals surface area contributed by atoms with Gasteiger partial charge in [0.2, 0.25) is 0 Å². The lowest BCUT2D eigenvalue weighted by atomic mass is 10.2. The van der Waals surface area contributed by atoms with Crippen LogP contribution in [0, 0.1) is 0 Å². The van der Waals surface area contributed by atoms with Gasteiger partial charge < -0.3 is 111 Å². The average molecular weight is 1520 g/mol. The summed E-state index contributed by atoms with van der Waals surface area (Å²) in [4.78, 5) is 46.7. The number of nitrogens with two attached hydrogens (primary N) is 4. The van der Waals surface area contributed by atoms with Crippen molar-refractivity contribution in [1.82, 2.24) is 9.80 Å². The largest absolute Gasteiger partial charge is 1.00 e. The molecule has 0 amide bonds. The molecule has 0 atom stereocenters. The van der Waals surface area contributed by atoms with Gasteiger partial charge in [-0.1, -0.05) is 43.9 Å². The molecule has 8 N–H and O–H groups in total. The first-order valence-electron chi connectivity index (χ1n) is 29.0. The number of likely N-dealkylation sites (N-methyl/N-ethyl adjacent to an activating group) is 2. The highest BCUT2D eigenvalue weighted by molar-refractivity contribution is 14.1. The number of amidine groups is 1. The quantitative estimate of drug-likeness (QED) is 0.0214. The molecule has 1 aromatic carbocycles. The maximum Gasteiger partial charge on any atom is 0.519 e. The van der Waals surface area contributed by atoms with Crippen LogP contribution in [0.1, 0.15) is 145 Å². The van der Waals surface area contributed by atoms with Gasteiger partial charge in [-0.15, -0.1) is 24.8 Å². The summed E-state index contributed by atoms with van der Waals surface area (Å²) in [5, 5.41) is 8.78. The molecular formula is C58H118Cl3F3I2N10O9. The summed E-state index contributed by atoms with van der Waals surface area (Å²) in [5.41, 5.74) is 16.4. The number of hydrogen-bond donors (Lipinski definition) is 4. The van der Waals surface area contributed by atoms with E-state index in [2.05, 4.69) is 81.9 Å². The molecule has 0 radical (unpaired) electrons. The predicted molar refractivity (Wildman–Crippen MR) is 344 cm³/mol. The van der Waals surface area contributed by atoms with E-state index in [1.807, 2.05) is 29.2 Å². The van der Waals surface area contributed by atoms with E-state index in [1.165, 1.54) is 171 Å². The zero-order valence-electron chi connectivity index (χ0n) is 53.2. The lowest BCUT2D eigenvalue weighted by molar-refractivity contribution is -0.897. The van der Waals surface area contributed by atoms with E-state index in [-0.39, 0.29) is 68.6 Å². The van der Waals surface area contributed by atoms with E-state index in [0.29, 0.717) is 19.0 Å². The number of aliphatic carboxylic acids is 1. The molecule has 5 aliphatic rings. The van der Waals surface area contributed by atoms with Crippen LogP contribution in [0.5, 0.6) is 5.75 Å². The minimum Gasteiger partial charge on any atom is -1.00 e. The fourth-order valence-corrected chi connectivity index (χ4v) is 9.37. The summed E-state index contributed by atoms with van der Waals surface area (Å²) < 4.78 is 54.5. The third-order valence-electron chi connectivity index (χ3n) is 13.5. The Hall–Kier alpha value is -1.54. The molecule has 5 heterocycles. The summed E-state index contributed by atoms with van der Waals surface area (Å²) in [6, 6.07) is 7.60. The Morgan fingerprint density at radius 2 is 1.00 bits per heavy atom. The summed E-state index contributed by atoms with van der Waals surface area (Å²) >= 11 is 2.15. The normalized spacial score (nSPS) is 17.0. The van der Waals surface area contributed by atoms with Crippen molar-refractivity contribution in [3.63, 3.8) is 0 Å². The first-order valence-corrected chi connectivity index (χ1v) is 31.1. The van der Waals surface area contributed by atoms with Crippen molar-refractivity contribution in [2.45, 2.75) is 157 Å². The van der Waals surface area contributed by atoms with E-state index >= 15 is 0 Å². The minimum atomic E-state index is -5.19. The van der Waals surface area contributed by atoms with Gasteiger partial charge in [-0.2, -0.15) is 13.2 Å². The molecule has 27 heteroatoms. The Balaban J connectivity index is -0.000000171. The zero-order valence-corrected chi connectivity index (χ0v) is 59.9. The molecule has 1 aromatic rings. The topological polar surface area (TPSA) is 243 Å². The molecule has 5 saturated heterocycles. The number of carboxylic acids is 1. The van der Waals surface area contributed by atoms with E-state index in [0.717, 1.165) is 48.5 Å². The number of carbonyl (C=O) groups is 3. The third kappa shape index (κ3) is 54.0. The number of ether oxygens (including phenoxy) is 4. The van der Waals surface area contributed by atoms with Crippen molar-refractivity contribution in [3.8, 4) is 5.75 Å². The van der Waals surface area contributed by atoms with Crippen LogP contribution in [-0.4, -0.2) is 222 Å². The highest BCUT2D eigenvalue weighted by Crippen LogP contribution is 2.19. The average Bonchev–Trinajstić information content (AvgIpc) is 4.30. The second-order valence-electron chi connectivity index (χ2n) is 23.5. The number of benzene rings is 1. The second-order valence-corrected chi connectivity index (χ2v) is 23.5. The van der Waals surface area contributed by atoms with Crippen LogP contribution in [0.25, 0.3) is 0 Å². The standard InChI is InChI=1S/C16H27N4O2.C10H18O5.C8H18N.C7H17N2.C7H15N.C6H14N2.C2HF3O2.CH3I.CH4.3ClH.HI/c1-20(9-2-3-10-20)11-8-19-16(17)14-4-6-15(7-5-14)21-12-13-22-18;1-9(2,3)14-7(11)13-8(12)15-10(4,5)6;1-3-6-9(2)7-4-5-8-9;1-9(7-4-8)5-2-3-6-9;1-2-5-8-6-3-4-7-8;7-3-6-8-4-1-2-5-8;3-2(4,5)1(6)7;1-2;;;;;/h4-7H,2-3,8-13,18H2,1H3,(H2,17,19);1-6H3;3-8H2,1-2H3;2-8H2,1H3;2-7H2,1H3;1-7H2;(H,6,7);1H3;1H4;4*1H/q+1;;2*+1;;;;;;;;;/p-3. The molecule has 0 saturated carbocycles. The second kappa shape index (κ2) is 54.2. The SMILES string of the molecule is C.CC(C)(C)OC(=O)OC(=O)OC(C)(C)C.CCCN1CCCC1.CCC[N+]1(C)CCCC1.CI.C[N+]1(CCN)CCCC1.C[N+]1(CCN=C(N)c2ccc(OCCON)cc2)CCCC1.Cl.Cl.NCCN1CCCC1.O=C([O-])C(F)(F)F.[Cl-].[I-]. The summed E-state index contributed by atoms with van der Waals surface area (Å²) in [5.74, 6) is 3.29. The number of carboxylic acid groups (broad SMARTS) is 1. The van der Waals surface area contributed by atoms with Crippen molar-refractivity contribution >= 4 is 71.5 Å². The van der Waals surface area contributed by atoms with Gasteiger partial charge in [0.1, 0.15) is 42.0 Å². The number of likely N-dealkylation sites (tertiary alicyclic amines) is 5. The Morgan fingerprint density at radius 3 is 1.32 bits per heavy atom. The van der Waals surface area contributed by atoms with E-state index in [9.17, 15) is 22.8 Å². The third-order valence-corrected chi connectivity index (χ3v) is 13.5. The van der Waals surface area contributed by atoms with Crippen molar-refractivity contribution in [2.75, 3.05) is 157 Å². The molecule has 5 fully saturated rings. The van der Waals surface area contributed by atoms with Crippen molar-refractivity contribution in [2.24, 2.45) is 28.1 Å². The molecule has 0 unspecified atom stereocenters. The predicted octanol–water partition coefficient (Wildman–Crippen LogP) is 2.97. The van der Waals surface area contributed by atoms with Gasteiger partial charge >= 0.3 is 18.5 Å². The summed E-state index contributed by atoms with van der Waals surface area (Å²) in [6.45, 7) is 37.1. The van der Waals surface area contributed by atoms with Crippen LogP contribution < -0.4 is 69.3 Å². The van der Waals surface area contributed by atoms with E-state index < -0.39 is 35.7 Å². The molecule has 6 rings (SSSR count). The molecule has 5 aliphatic heterocycles. The van der Waals surface area contributed by atoms with Crippen LogP contribution in [0.4, 0.5) is 22.8 Å². The van der Waals surface area contributed by atoms with Crippen LogP contribution in [0.3, 0.4) is 0 Å². The number of halogens is 8. The van der Waals surface area contributed by atoms with Crippen LogP contribution >= 0.6 is 47.4 Å². The fraction of sp³-hybridized carbons (Fsp3) is 0.828. The Labute approximate surface area is 561 Å². The molecule has 0 bridgehead atoms. The van der Waals surface area contributed by atoms with Gasteiger partial charge in [0.05, 0.1) is 86.6 Å². The van der Waals surface area contributed by atoms with Gasteiger partial charge in [0.15, 0.2) is 0 Å². The zero-order chi connectivity index (χ0) is 61.3. The number of quaternary nitrogens is 3. The summed E-state index contributed by atoms with van der Waals surface area (Å²) in [6.07, 6.45) is 9.32. The first kappa shape index (κ1) is 97.1. The molecule has 0 spiro atoms. The fourth-order valence-electron chi connectivity index (χ4n) is 9.37. The number of aliphatic imine (C=N–C) groups is 1. The molecule has 19 nitrogen and oxygen atoms in total. The highest BCUT2D eigenvalue weighted by Gasteiger charge is 2.30. The van der Waals surface area contributed by atoms with Gasteiger partial charge in [-0.25, -0.2) is 15.5 Å². The van der Waals surface area contributed by atoms with E-state index in [4.69, 9.17) is 47.2 Å². The summed E-state index contributed by atoms with van der Waals surface area (Å²) in [7, 11) is 6.99. The number of rotatable bonds is 16. The Morgan fingerprint density at radius 1 is 0.635 bits per heavy atom. The lowest BCUT2D eigenvalue weighted by Crippen LogP contribution is -3.00. The molecule has 0 aromatic heterocycles. The molecular weight excluding hydrogens is 1400 g/mol. The van der Waals surface area contributed by atoms with Gasteiger partial charge in [-0.05, 0) is 142 Å². The molecule has 510 valence electrons. The lowest BCUT2D eigenvalue weighted by Gasteiger charge is -2.28. The van der Waals surface area contributed by atoms with Crippen molar-refractivity contribution < 1.29 is 106 Å². The monoisotopic (exact) mass is 1510 g/mol. The van der Waals surface area contributed by atoms with Gasteiger partial charge in [0.25, 0.3) is 0 Å². The van der Waals surface area contributed by atoms with Crippen molar-refractivity contribution in [3.05, 3.63) is 29.8 Å². The van der Waals surface area contributed by atoms with Crippen LogP contribution in [0.2, 0.25) is 0 Å². The first-order chi connectivity index (χ1) is 37.5. The van der Waals surface area contributed by atoms with Gasteiger partial charge in [0, 0.05) is 63.7 Å². The van der Waals surface area contributed by atoms with Crippen LogP contribution in [-0.2, 0) is 23.8 Å². The van der Waals surface area contributed by atoms with E-state index in [1.54, 1.807) is 41.5 Å². The highest BCUT2D eigenvalue weighted by atomic mass is 127. The number of carbonyl (C=O) groups excluding carboxylic acids is 3. The Kier molecular flexibility index (Phi) is 61.9. The number of hydrogen-bond acceptors (Lipinski definition) is 15.